The summed E-state index contributed by atoms with van der Waals surface area (Å²) in [7, 11) is 7.42. The van der Waals surface area contributed by atoms with Gasteiger partial charge in [-0.25, -0.2) is 9.13 Å². The van der Waals surface area contributed by atoms with Crippen molar-refractivity contribution >= 4 is 22.1 Å². The average molecular weight is 505 g/mol. The number of fused-ring (bicyclic) bond motifs is 2. The molecule has 0 unspecified atom stereocenters. The van der Waals surface area contributed by atoms with Gasteiger partial charge in [-0.05, 0) is 72.8 Å². The largest absolute Gasteiger partial charge is 0.497 e. The maximum Gasteiger partial charge on any atom is 0.316 e. The average Bonchev–Trinajstić information content (AvgIpc) is 3.42. The summed E-state index contributed by atoms with van der Waals surface area (Å²) in [4.78, 5) is 0. The first-order valence-corrected chi connectivity index (χ1v) is 12.3. The highest BCUT2D eigenvalue weighted by molar-refractivity contribution is 5.77. The van der Waals surface area contributed by atoms with E-state index in [1.165, 1.54) is 0 Å². The summed E-state index contributed by atoms with van der Waals surface area (Å²) in [6.07, 6.45) is 0. The first kappa shape index (κ1) is 23.4. The Morgan fingerprint density at radius 1 is 0.526 bits per heavy atom. The van der Waals surface area contributed by atoms with Crippen LogP contribution in [0.4, 0.5) is 0 Å². The molecule has 0 saturated heterocycles. The molecule has 8 nitrogen and oxygen atoms in total. The zero-order chi connectivity index (χ0) is 26.2. The number of hydrogen-bond donors (Lipinski definition) is 0. The predicted molar refractivity (Wildman–Crippen MR) is 146 cm³/mol. The zero-order valence-electron chi connectivity index (χ0n) is 21.7. The van der Waals surface area contributed by atoms with Crippen LogP contribution in [0.3, 0.4) is 0 Å². The second-order valence-electron chi connectivity index (χ2n) is 9.00. The Balaban J connectivity index is 1.57. The first-order chi connectivity index (χ1) is 18.6. The minimum absolute atomic E-state index is 0.802. The fourth-order valence-electron chi connectivity index (χ4n) is 4.97. The quantitative estimate of drug-likeness (QED) is 0.229. The maximum absolute atomic E-state index is 5.37. The second-order valence-corrected chi connectivity index (χ2v) is 9.00. The smallest absolute Gasteiger partial charge is 0.316 e. The summed E-state index contributed by atoms with van der Waals surface area (Å²) in [5.74, 6) is 3.42. The molecule has 0 aliphatic heterocycles. The molecule has 0 aliphatic rings. The number of nitrogens with zero attached hydrogens (tertiary/aromatic N) is 6. The number of benzene rings is 4. The van der Waals surface area contributed by atoms with E-state index >= 15 is 0 Å². The van der Waals surface area contributed by atoms with Gasteiger partial charge in [-0.1, -0.05) is 33.6 Å². The molecule has 0 spiro atoms. The fraction of sp³-hybridized carbons (Fsp3) is 0.133. The normalized spacial score (nSPS) is 11.6. The van der Waals surface area contributed by atoms with Crippen molar-refractivity contribution < 1.29 is 18.6 Å². The molecular formula is C30H28N6O2+2. The van der Waals surface area contributed by atoms with E-state index in [1.807, 2.05) is 96.2 Å². The highest BCUT2D eigenvalue weighted by atomic mass is 16.5. The monoisotopic (exact) mass is 504 g/mol. The van der Waals surface area contributed by atoms with Crippen molar-refractivity contribution in [3.05, 3.63) is 97.1 Å². The Kier molecular flexibility index (Phi) is 5.84. The second kappa shape index (κ2) is 9.48. The van der Waals surface area contributed by atoms with Crippen LogP contribution in [0.5, 0.6) is 11.5 Å². The van der Waals surface area contributed by atoms with Crippen LogP contribution in [0.15, 0.2) is 108 Å². The van der Waals surface area contributed by atoms with Crippen LogP contribution in [0, 0.1) is 0 Å². The molecule has 0 radical (unpaired) electrons. The predicted octanol–water partition coefficient (Wildman–Crippen LogP) is 5.27. The lowest BCUT2D eigenvalue weighted by Crippen LogP contribution is -2.30. The maximum atomic E-state index is 5.37. The van der Waals surface area contributed by atoms with Crippen molar-refractivity contribution in [3.8, 4) is 34.3 Å². The lowest BCUT2D eigenvalue weighted by atomic mass is 10.2. The van der Waals surface area contributed by atoms with Crippen molar-refractivity contribution in [2.75, 3.05) is 14.2 Å². The Hall–Kier alpha value is -4.98. The molecule has 0 atom stereocenters. The molecule has 0 aliphatic carbocycles. The van der Waals surface area contributed by atoms with E-state index in [1.54, 1.807) is 14.2 Å². The molecule has 6 aromatic rings. The van der Waals surface area contributed by atoms with Gasteiger partial charge in [-0.3, -0.25) is 0 Å². The van der Waals surface area contributed by atoms with Crippen LogP contribution in [0.25, 0.3) is 44.8 Å². The first-order valence-electron chi connectivity index (χ1n) is 12.3. The fourth-order valence-corrected chi connectivity index (χ4v) is 4.97. The number of aryl methyl sites for hydroxylation is 2. The van der Waals surface area contributed by atoms with E-state index in [9.17, 15) is 0 Å². The summed E-state index contributed by atoms with van der Waals surface area (Å²) >= 11 is 0. The van der Waals surface area contributed by atoms with Gasteiger partial charge in [-0.2, -0.15) is 0 Å². The minimum atomic E-state index is 0.802. The van der Waals surface area contributed by atoms with E-state index in [0.29, 0.717) is 0 Å². The van der Waals surface area contributed by atoms with Crippen molar-refractivity contribution in [1.29, 1.82) is 0 Å². The van der Waals surface area contributed by atoms with E-state index in [0.717, 1.165) is 56.3 Å². The molecule has 4 aromatic carbocycles. The van der Waals surface area contributed by atoms with Crippen molar-refractivity contribution in [3.63, 3.8) is 0 Å². The summed E-state index contributed by atoms with van der Waals surface area (Å²) in [5, 5.41) is 9.68. The Bertz CT molecular complexity index is 1660. The lowest BCUT2D eigenvalue weighted by molar-refractivity contribution is -0.634. The van der Waals surface area contributed by atoms with Gasteiger partial charge in [0, 0.05) is 0 Å². The van der Waals surface area contributed by atoms with Crippen LogP contribution in [0.2, 0.25) is 0 Å². The molecule has 188 valence electrons. The Labute approximate surface area is 220 Å². The number of rotatable bonds is 6. The molecule has 0 N–H and O–H groups in total. The van der Waals surface area contributed by atoms with Crippen LogP contribution in [0.1, 0.15) is 0 Å². The molecule has 0 bridgehead atoms. The van der Waals surface area contributed by atoms with Gasteiger partial charge in [-0.15, -0.1) is 0 Å². The molecule has 2 heterocycles. The topological polar surface area (TPSA) is 60.8 Å². The number of ether oxygens (including phenoxy) is 2. The highest BCUT2D eigenvalue weighted by Gasteiger charge is 2.28. The van der Waals surface area contributed by atoms with Crippen LogP contribution >= 0.6 is 0 Å². The Morgan fingerprint density at radius 2 is 0.895 bits per heavy atom. The van der Waals surface area contributed by atoms with E-state index in [2.05, 4.69) is 33.4 Å². The molecule has 2 aromatic heterocycles. The van der Waals surface area contributed by atoms with E-state index in [4.69, 9.17) is 19.9 Å². The Morgan fingerprint density at radius 3 is 1.26 bits per heavy atom. The van der Waals surface area contributed by atoms with Gasteiger partial charge in [0.15, 0.2) is 11.0 Å². The number of para-hydroxylation sites is 4. The molecular weight excluding hydrogens is 476 g/mol. The third kappa shape index (κ3) is 3.78. The van der Waals surface area contributed by atoms with Crippen molar-refractivity contribution in [2.45, 2.75) is 0 Å². The summed E-state index contributed by atoms with van der Waals surface area (Å²) in [6, 6.07) is 32.3. The molecule has 0 amide bonds. The number of imidazole rings is 2. The summed E-state index contributed by atoms with van der Waals surface area (Å²) in [6.45, 7) is 0. The minimum Gasteiger partial charge on any atom is -0.497 e. The summed E-state index contributed by atoms with van der Waals surface area (Å²) < 4.78 is 18.8. The van der Waals surface area contributed by atoms with Gasteiger partial charge in [0.05, 0.1) is 49.9 Å². The summed E-state index contributed by atoms with van der Waals surface area (Å²) in [5.41, 5.74) is 6.02. The molecule has 0 saturated carbocycles. The molecule has 8 heteroatoms. The van der Waals surface area contributed by atoms with E-state index in [-0.39, 0.29) is 0 Å². The van der Waals surface area contributed by atoms with Gasteiger partial charge in [0.2, 0.25) is 11.0 Å². The number of hydrogen-bond acceptors (Lipinski definition) is 4. The van der Waals surface area contributed by atoms with Crippen LogP contribution in [-0.2, 0) is 14.1 Å². The highest BCUT2D eigenvalue weighted by Crippen LogP contribution is 2.27. The molecule has 38 heavy (non-hydrogen) atoms. The van der Waals surface area contributed by atoms with Crippen LogP contribution in [-0.4, -0.2) is 23.6 Å². The molecule has 6 rings (SSSR count). The number of methoxy groups -OCH3 is 2. The van der Waals surface area contributed by atoms with Crippen molar-refractivity contribution in [1.82, 2.24) is 9.35 Å². The van der Waals surface area contributed by atoms with Gasteiger partial charge in [0.25, 0.3) is 0 Å². The third-order valence-electron chi connectivity index (χ3n) is 6.89. The number of aromatic nitrogens is 4. The SMILES string of the molecule is COc1ccc(-c2n(/N=N/n3c(-c4ccc(OC)cc4)[n+](C)c4ccccc43)c3ccccc3[n+]2C)cc1. The standard InChI is InChI=1S/C30H28N6O2/c1-33-25-9-5-7-11-27(25)35(29(33)21-13-17-23(37-3)18-14-21)31-32-36-28-12-8-6-10-26(28)34(2)30(36)22-15-19-24(38-4)20-16-22/h5-20H,1-4H3/q+2/b32-31+. The van der Waals surface area contributed by atoms with Crippen LogP contribution < -0.4 is 18.6 Å². The van der Waals surface area contributed by atoms with E-state index < -0.39 is 0 Å². The van der Waals surface area contributed by atoms with Gasteiger partial charge < -0.3 is 9.47 Å². The van der Waals surface area contributed by atoms with Crippen molar-refractivity contribution in [2.24, 2.45) is 24.5 Å². The van der Waals surface area contributed by atoms with Gasteiger partial charge >= 0.3 is 11.6 Å². The lowest BCUT2D eigenvalue weighted by Gasteiger charge is -2.02. The molecule has 0 fully saturated rings. The third-order valence-corrected chi connectivity index (χ3v) is 6.89. The zero-order valence-corrected chi connectivity index (χ0v) is 21.7. The van der Waals surface area contributed by atoms with Gasteiger partial charge in [0.1, 0.15) is 11.5 Å².